The van der Waals surface area contributed by atoms with Gasteiger partial charge in [-0.2, -0.15) is 5.26 Å². The Morgan fingerprint density at radius 1 is 1.38 bits per heavy atom. The molecule has 0 spiro atoms. The summed E-state index contributed by atoms with van der Waals surface area (Å²) in [7, 11) is 0. The molecular formula is C12H8BrNOS. The predicted molar refractivity (Wildman–Crippen MR) is 67.5 cm³/mol. The molecule has 1 heterocycles. The third-order valence-corrected chi connectivity index (χ3v) is 3.92. The van der Waals surface area contributed by atoms with Crippen LogP contribution in [0.3, 0.4) is 0 Å². The SMILES string of the molecule is N#Cc1cccc(OCc2sccc2Br)c1. The molecule has 2 nitrogen and oxygen atoms in total. The topological polar surface area (TPSA) is 33.0 Å². The van der Waals surface area contributed by atoms with Crippen LogP contribution in [-0.2, 0) is 6.61 Å². The molecule has 0 aliphatic carbocycles. The standard InChI is InChI=1S/C12H8BrNOS/c13-11-4-5-16-12(11)8-15-10-3-1-2-9(6-10)7-14/h1-6H,8H2. The average Bonchev–Trinajstić information content (AvgIpc) is 2.72. The minimum absolute atomic E-state index is 0.521. The van der Waals surface area contributed by atoms with Gasteiger partial charge in [0, 0.05) is 4.47 Å². The zero-order valence-corrected chi connectivity index (χ0v) is 10.7. The summed E-state index contributed by atoms with van der Waals surface area (Å²) in [6.07, 6.45) is 0. The Morgan fingerprint density at radius 3 is 2.94 bits per heavy atom. The molecule has 0 saturated carbocycles. The van der Waals surface area contributed by atoms with Crippen molar-refractivity contribution in [2.24, 2.45) is 0 Å². The van der Waals surface area contributed by atoms with Gasteiger partial charge in [0.05, 0.1) is 16.5 Å². The van der Waals surface area contributed by atoms with Crippen LogP contribution in [0.5, 0.6) is 5.75 Å². The molecule has 80 valence electrons. The van der Waals surface area contributed by atoms with Crippen LogP contribution >= 0.6 is 27.3 Å². The molecule has 0 aliphatic heterocycles. The highest BCUT2D eigenvalue weighted by Crippen LogP contribution is 2.24. The quantitative estimate of drug-likeness (QED) is 0.858. The first-order valence-electron chi connectivity index (χ1n) is 4.64. The lowest BCUT2D eigenvalue weighted by molar-refractivity contribution is 0.309. The number of nitriles is 1. The lowest BCUT2D eigenvalue weighted by atomic mass is 10.2. The first-order valence-corrected chi connectivity index (χ1v) is 6.31. The first kappa shape index (κ1) is 11.2. The van der Waals surface area contributed by atoms with Crippen molar-refractivity contribution in [1.29, 1.82) is 5.26 Å². The second-order valence-corrected chi connectivity index (χ2v) is 4.98. The van der Waals surface area contributed by atoms with Crippen LogP contribution < -0.4 is 4.74 Å². The van der Waals surface area contributed by atoms with E-state index in [4.69, 9.17) is 10.00 Å². The van der Waals surface area contributed by atoms with Crippen LogP contribution in [0.15, 0.2) is 40.2 Å². The molecule has 1 aromatic heterocycles. The number of thiophene rings is 1. The van der Waals surface area contributed by atoms with Gasteiger partial charge in [0.25, 0.3) is 0 Å². The third-order valence-electron chi connectivity index (χ3n) is 2.02. The van der Waals surface area contributed by atoms with E-state index in [0.29, 0.717) is 12.2 Å². The Morgan fingerprint density at radius 2 is 2.25 bits per heavy atom. The minimum atomic E-state index is 0.521. The molecule has 0 bridgehead atoms. The molecule has 0 atom stereocenters. The Balaban J connectivity index is 2.05. The largest absolute Gasteiger partial charge is 0.488 e. The molecule has 0 N–H and O–H groups in total. The van der Waals surface area contributed by atoms with Crippen LogP contribution in [0.1, 0.15) is 10.4 Å². The second-order valence-electron chi connectivity index (χ2n) is 3.12. The summed E-state index contributed by atoms with van der Waals surface area (Å²) < 4.78 is 6.67. The molecule has 4 heteroatoms. The van der Waals surface area contributed by atoms with E-state index in [1.807, 2.05) is 23.6 Å². The molecule has 0 saturated heterocycles. The Kier molecular flexibility index (Phi) is 3.60. The molecule has 0 amide bonds. The van der Waals surface area contributed by atoms with Crippen molar-refractivity contribution >= 4 is 27.3 Å². The number of hydrogen-bond acceptors (Lipinski definition) is 3. The van der Waals surface area contributed by atoms with Crippen molar-refractivity contribution in [3.05, 3.63) is 50.6 Å². The lowest BCUT2D eigenvalue weighted by Crippen LogP contribution is -1.93. The van der Waals surface area contributed by atoms with Crippen LogP contribution in [-0.4, -0.2) is 0 Å². The number of ether oxygens (including phenoxy) is 1. The fourth-order valence-electron chi connectivity index (χ4n) is 1.23. The van der Waals surface area contributed by atoms with Crippen LogP contribution in [0.25, 0.3) is 0 Å². The molecule has 2 rings (SSSR count). The Bertz CT molecular complexity index is 530. The van der Waals surface area contributed by atoms with Crippen molar-refractivity contribution in [1.82, 2.24) is 0 Å². The maximum absolute atomic E-state index is 8.75. The number of hydrogen-bond donors (Lipinski definition) is 0. The van der Waals surface area contributed by atoms with E-state index in [2.05, 4.69) is 22.0 Å². The van der Waals surface area contributed by atoms with Crippen LogP contribution in [0.2, 0.25) is 0 Å². The predicted octanol–water partition coefficient (Wildman–Crippen LogP) is 3.96. The van der Waals surface area contributed by atoms with Gasteiger partial charge in [0.1, 0.15) is 12.4 Å². The van der Waals surface area contributed by atoms with E-state index in [9.17, 15) is 0 Å². The summed E-state index contributed by atoms with van der Waals surface area (Å²) in [6, 6.07) is 11.2. The smallest absolute Gasteiger partial charge is 0.124 e. The first-order chi connectivity index (χ1) is 7.79. The van der Waals surface area contributed by atoms with Gasteiger partial charge in [-0.05, 0) is 45.6 Å². The van der Waals surface area contributed by atoms with Crippen LogP contribution in [0.4, 0.5) is 0 Å². The average molecular weight is 294 g/mol. The zero-order valence-electron chi connectivity index (χ0n) is 8.31. The zero-order chi connectivity index (χ0) is 11.4. The molecule has 1 aromatic carbocycles. The summed E-state index contributed by atoms with van der Waals surface area (Å²) in [6.45, 7) is 0.521. The summed E-state index contributed by atoms with van der Waals surface area (Å²) in [5.41, 5.74) is 0.614. The normalized spacial score (nSPS) is 9.75. The number of rotatable bonds is 3. The van der Waals surface area contributed by atoms with Gasteiger partial charge in [-0.15, -0.1) is 11.3 Å². The van der Waals surface area contributed by atoms with Crippen LogP contribution in [0, 0.1) is 11.3 Å². The molecule has 0 fully saturated rings. The molecular weight excluding hydrogens is 286 g/mol. The van der Waals surface area contributed by atoms with Crippen molar-refractivity contribution in [2.45, 2.75) is 6.61 Å². The maximum Gasteiger partial charge on any atom is 0.124 e. The highest BCUT2D eigenvalue weighted by molar-refractivity contribution is 9.10. The lowest BCUT2D eigenvalue weighted by Gasteiger charge is -2.04. The van der Waals surface area contributed by atoms with E-state index in [0.717, 1.165) is 15.1 Å². The van der Waals surface area contributed by atoms with E-state index >= 15 is 0 Å². The number of nitrogens with zero attached hydrogens (tertiary/aromatic N) is 1. The minimum Gasteiger partial charge on any atom is -0.488 e. The fraction of sp³-hybridized carbons (Fsp3) is 0.0833. The van der Waals surface area contributed by atoms with E-state index in [-0.39, 0.29) is 0 Å². The monoisotopic (exact) mass is 293 g/mol. The Hall–Kier alpha value is -1.31. The van der Waals surface area contributed by atoms with Gasteiger partial charge < -0.3 is 4.74 Å². The van der Waals surface area contributed by atoms with Crippen molar-refractivity contribution in [2.75, 3.05) is 0 Å². The molecule has 0 radical (unpaired) electrons. The molecule has 0 unspecified atom stereocenters. The van der Waals surface area contributed by atoms with Gasteiger partial charge in [-0.3, -0.25) is 0 Å². The molecule has 2 aromatic rings. The van der Waals surface area contributed by atoms with Crippen molar-refractivity contribution < 1.29 is 4.74 Å². The Labute approximate surface area is 106 Å². The van der Waals surface area contributed by atoms with Gasteiger partial charge in [-0.1, -0.05) is 6.07 Å². The highest BCUT2D eigenvalue weighted by atomic mass is 79.9. The van der Waals surface area contributed by atoms with E-state index in [1.165, 1.54) is 0 Å². The third kappa shape index (κ3) is 2.63. The van der Waals surface area contributed by atoms with Gasteiger partial charge in [0.2, 0.25) is 0 Å². The molecule has 0 aliphatic rings. The van der Waals surface area contributed by atoms with E-state index < -0.39 is 0 Å². The van der Waals surface area contributed by atoms with Gasteiger partial charge >= 0.3 is 0 Å². The number of benzene rings is 1. The molecule has 16 heavy (non-hydrogen) atoms. The highest BCUT2D eigenvalue weighted by Gasteiger charge is 2.02. The summed E-state index contributed by atoms with van der Waals surface area (Å²) in [5, 5.41) is 10.8. The van der Waals surface area contributed by atoms with Gasteiger partial charge in [-0.25, -0.2) is 0 Å². The van der Waals surface area contributed by atoms with E-state index in [1.54, 1.807) is 23.5 Å². The summed E-state index contributed by atoms with van der Waals surface area (Å²) >= 11 is 5.09. The number of halogens is 1. The fourth-order valence-corrected chi connectivity index (χ4v) is 2.61. The van der Waals surface area contributed by atoms with Crippen molar-refractivity contribution in [3.63, 3.8) is 0 Å². The second kappa shape index (κ2) is 5.15. The summed E-state index contributed by atoms with van der Waals surface area (Å²) in [4.78, 5) is 1.14. The van der Waals surface area contributed by atoms with Gasteiger partial charge in [0.15, 0.2) is 0 Å². The maximum atomic E-state index is 8.75. The summed E-state index contributed by atoms with van der Waals surface area (Å²) in [5.74, 6) is 0.722. The van der Waals surface area contributed by atoms with Crippen molar-refractivity contribution in [3.8, 4) is 11.8 Å².